The van der Waals surface area contributed by atoms with Crippen LogP contribution in [-0.2, 0) is 17.6 Å². The van der Waals surface area contributed by atoms with Crippen molar-refractivity contribution in [3.63, 3.8) is 0 Å². The second-order valence-electron chi connectivity index (χ2n) is 4.88. The molecule has 4 heteroatoms. The number of hydrogen-bond donors (Lipinski definition) is 0. The Morgan fingerprint density at radius 2 is 1.76 bits per heavy atom. The molecule has 0 aliphatic rings. The molecule has 0 fully saturated rings. The first-order valence-electron chi connectivity index (χ1n) is 7.10. The van der Waals surface area contributed by atoms with Crippen molar-refractivity contribution in [1.82, 2.24) is 9.88 Å². The molecule has 0 saturated carbocycles. The van der Waals surface area contributed by atoms with Gasteiger partial charge in [0, 0.05) is 25.5 Å². The summed E-state index contributed by atoms with van der Waals surface area (Å²) in [4.78, 5) is 18.1. The first kappa shape index (κ1) is 15.2. The smallest absolute Gasteiger partial charge is 0.226 e. The molecular weight excluding hydrogens is 267 g/mol. The van der Waals surface area contributed by atoms with E-state index < -0.39 is 0 Å². The zero-order valence-electron chi connectivity index (χ0n) is 12.1. The van der Waals surface area contributed by atoms with Gasteiger partial charge < -0.3 is 4.90 Å². The molecular formula is C17H19FN2O. The van der Waals surface area contributed by atoms with E-state index in [1.807, 2.05) is 24.0 Å². The van der Waals surface area contributed by atoms with Crippen LogP contribution in [0.5, 0.6) is 0 Å². The summed E-state index contributed by atoms with van der Waals surface area (Å²) in [6, 6.07) is 10.00. The minimum Gasteiger partial charge on any atom is -0.342 e. The number of amides is 1. The molecule has 2 aromatic rings. The van der Waals surface area contributed by atoms with Crippen LogP contribution in [0.2, 0.25) is 0 Å². The van der Waals surface area contributed by atoms with Crippen molar-refractivity contribution >= 4 is 5.91 Å². The summed E-state index contributed by atoms with van der Waals surface area (Å²) in [5.74, 6) is -0.214. The number of benzene rings is 1. The summed E-state index contributed by atoms with van der Waals surface area (Å²) in [6.45, 7) is 3.32. The normalized spacial score (nSPS) is 10.4. The standard InChI is InChI=1S/C17H19FN2O/c1-2-20(12-9-14-7-10-19-11-8-14)17(21)13-15-3-5-16(18)6-4-15/h3-8,10-11H,2,9,12-13H2,1H3. The van der Waals surface area contributed by atoms with Crippen molar-refractivity contribution in [3.8, 4) is 0 Å². The van der Waals surface area contributed by atoms with E-state index in [1.54, 1.807) is 24.5 Å². The number of carbonyl (C=O) groups excluding carboxylic acids is 1. The van der Waals surface area contributed by atoms with Crippen LogP contribution in [0.15, 0.2) is 48.8 Å². The number of rotatable bonds is 6. The van der Waals surface area contributed by atoms with Crippen molar-refractivity contribution < 1.29 is 9.18 Å². The third-order valence-electron chi connectivity index (χ3n) is 3.42. The van der Waals surface area contributed by atoms with E-state index in [2.05, 4.69) is 4.98 Å². The minimum absolute atomic E-state index is 0.0677. The van der Waals surface area contributed by atoms with E-state index in [4.69, 9.17) is 0 Å². The van der Waals surface area contributed by atoms with Crippen LogP contribution < -0.4 is 0 Å². The Bertz CT molecular complexity index is 569. The third kappa shape index (κ3) is 4.67. The predicted molar refractivity (Wildman–Crippen MR) is 80.3 cm³/mol. The maximum atomic E-state index is 12.9. The minimum atomic E-state index is -0.281. The van der Waals surface area contributed by atoms with Crippen LogP contribution in [0.3, 0.4) is 0 Å². The molecule has 0 spiro atoms. The second kappa shape index (κ2) is 7.53. The fraction of sp³-hybridized carbons (Fsp3) is 0.294. The Balaban J connectivity index is 1.90. The maximum absolute atomic E-state index is 12.9. The van der Waals surface area contributed by atoms with Crippen LogP contribution in [0, 0.1) is 5.82 Å². The summed E-state index contributed by atoms with van der Waals surface area (Å²) in [6.07, 6.45) is 4.63. The molecule has 0 unspecified atom stereocenters. The molecule has 110 valence electrons. The molecule has 3 nitrogen and oxygen atoms in total. The van der Waals surface area contributed by atoms with Crippen LogP contribution >= 0.6 is 0 Å². The quantitative estimate of drug-likeness (QED) is 0.818. The lowest BCUT2D eigenvalue weighted by molar-refractivity contribution is -0.130. The van der Waals surface area contributed by atoms with E-state index in [0.717, 1.165) is 17.5 Å². The van der Waals surface area contributed by atoms with E-state index in [1.165, 1.54) is 12.1 Å². The van der Waals surface area contributed by atoms with E-state index >= 15 is 0 Å². The fourth-order valence-corrected chi connectivity index (χ4v) is 2.16. The van der Waals surface area contributed by atoms with Gasteiger partial charge in [0.15, 0.2) is 0 Å². The molecule has 0 aliphatic heterocycles. The number of aromatic nitrogens is 1. The van der Waals surface area contributed by atoms with Crippen molar-refractivity contribution in [3.05, 3.63) is 65.7 Å². The largest absolute Gasteiger partial charge is 0.342 e. The Hall–Kier alpha value is -2.23. The number of carbonyl (C=O) groups is 1. The molecule has 1 aromatic carbocycles. The zero-order chi connectivity index (χ0) is 15.1. The van der Waals surface area contributed by atoms with Gasteiger partial charge in [-0.3, -0.25) is 9.78 Å². The van der Waals surface area contributed by atoms with Crippen molar-refractivity contribution in [2.75, 3.05) is 13.1 Å². The van der Waals surface area contributed by atoms with Gasteiger partial charge in [0.1, 0.15) is 5.82 Å². The highest BCUT2D eigenvalue weighted by Crippen LogP contribution is 2.07. The van der Waals surface area contributed by atoms with Crippen molar-refractivity contribution in [2.45, 2.75) is 19.8 Å². The Morgan fingerprint density at radius 3 is 2.38 bits per heavy atom. The zero-order valence-corrected chi connectivity index (χ0v) is 12.1. The SMILES string of the molecule is CCN(CCc1ccncc1)C(=O)Cc1ccc(F)cc1. The number of halogens is 1. The monoisotopic (exact) mass is 286 g/mol. The lowest BCUT2D eigenvalue weighted by Gasteiger charge is -2.21. The second-order valence-corrected chi connectivity index (χ2v) is 4.88. The summed E-state index contributed by atoms with van der Waals surface area (Å²) in [7, 11) is 0. The van der Waals surface area contributed by atoms with Gasteiger partial charge in [0.2, 0.25) is 5.91 Å². The number of hydrogen-bond acceptors (Lipinski definition) is 2. The summed E-state index contributed by atoms with van der Waals surface area (Å²) >= 11 is 0. The van der Waals surface area contributed by atoms with Gasteiger partial charge in [-0.25, -0.2) is 4.39 Å². The average Bonchev–Trinajstić information content (AvgIpc) is 2.51. The van der Waals surface area contributed by atoms with Gasteiger partial charge >= 0.3 is 0 Å². The molecule has 21 heavy (non-hydrogen) atoms. The predicted octanol–water partition coefficient (Wildman–Crippen LogP) is 2.85. The molecule has 0 saturated heterocycles. The molecule has 1 aromatic heterocycles. The Morgan fingerprint density at radius 1 is 1.10 bits per heavy atom. The first-order chi connectivity index (χ1) is 10.2. The maximum Gasteiger partial charge on any atom is 0.226 e. The van der Waals surface area contributed by atoms with Crippen molar-refractivity contribution in [1.29, 1.82) is 0 Å². The Kier molecular flexibility index (Phi) is 5.43. The lowest BCUT2D eigenvalue weighted by atomic mass is 10.1. The highest BCUT2D eigenvalue weighted by molar-refractivity contribution is 5.78. The molecule has 1 heterocycles. The van der Waals surface area contributed by atoms with Gasteiger partial charge in [-0.05, 0) is 48.7 Å². The lowest BCUT2D eigenvalue weighted by Crippen LogP contribution is -2.33. The van der Waals surface area contributed by atoms with Crippen LogP contribution in [-0.4, -0.2) is 28.9 Å². The fourth-order valence-electron chi connectivity index (χ4n) is 2.16. The molecule has 0 atom stereocenters. The number of nitrogens with zero attached hydrogens (tertiary/aromatic N) is 2. The van der Waals surface area contributed by atoms with Crippen molar-refractivity contribution in [2.24, 2.45) is 0 Å². The average molecular weight is 286 g/mol. The van der Waals surface area contributed by atoms with Gasteiger partial charge in [0.25, 0.3) is 0 Å². The van der Waals surface area contributed by atoms with Gasteiger partial charge in [-0.1, -0.05) is 12.1 Å². The van der Waals surface area contributed by atoms with Crippen LogP contribution in [0.4, 0.5) is 4.39 Å². The molecule has 0 N–H and O–H groups in total. The van der Waals surface area contributed by atoms with Gasteiger partial charge in [-0.15, -0.1) is 0 Å². The summed E-state index contributed by atoms with van der Waals surface area (Å²) < 4.78 is 12.9. The van der Waals surface area contributed by atoms with E-state index in [9.17, 15) is 9.18 Å². The summed E-state index contributed by atoms with van der Waals surface area (Å²) in [5.41, 5.74) is 2.00. The molecule has 0 radical (unpaired) electrons. The van der Waals surface area contributed by atoms with Crippen LogP contribution in [0.1, 0.15) is 18.1 Å². The van der Waals surface area contributed by atoms with Gasteiger partial charge in [0.05, 0.1) is 6.42 Å². The first-order valence-corrected chi connectivity index (χ1v) is 7.10. The highest BCUT2D eigenvalue weighted by atomic mass is 19.1. The molecule has 1 amide bonds. The molecule has 2 rings (SSSR count). The number of pyridine rings is 1. The Labute approximate surface area is 124 Å². The number of likely N-dealkylation sites (N-methyl/N-ethyl adjacent to an activating group) is 1. The van der Waals surface area contributed by atoms with Crippen LogP contribution in [0.25, 0.3) is 0 Å². The summed E-state index contributed by atoms with van der Waals surface area (Å²) in [5, 5.41) is 0. The third-order valence-corrected chi connectivity index (χ3v) is 3.42. The molecule has 0 bridgehead atoms. The topological polar surface area (TPSA) is 33.2 Å². The van der Waals surface area contributed by atoms with E-state index in [0.29, 0.717) is 19.5 Å². The highest BCUT2D eigenvalue weighted by Gasteiger charge is 2.12. The van der Waals surface area contributed by atoms with Gasteiger partial charge in [-0.2, -0.15) is 0 Å². The molecule has 0 aliphatic carbocycles. The van der Waals surface area contributed by atoms with E-state index in [-0.39, 0.29) is 11.7 Å².